The van der Waals surface area contributed by atoms with Gasteiger partial charge in [-0.05, 0) is 19.9 Å². The van der Waals surface area contributed by atoms with Crippen LogP contribution in [0.5, 0.6) is 11.5 Å². The summed E-state index contributed by atoms with van der Waals surface area (Å²) in [6, 6.07) is 3.53. The van der Waals surface area contributed by atoms with E-state index in [9.17, 15) is 9.59 Å². The molecule has 0 atom stereocenters. The predicted molar refractivity (Wildman–Crippen MR) is 75.1 cm³/mol. The molecule has 110 valence electrons. The summed E-state index contributed by atoms with van der Waals surface area (Å²) in [5, 5.41) is 0.675. The maximum absolute atomic E-state index is 12.1. The van der Waals surface area contributed by atoms with Crippen LogP contribution in [-0.4, -0.2) is 30.2 Å². The third-order valence-electron chi connectivity index (χ3n) is 3.60. The van der Waals surface area contributed by atoms with Crippen molar-refractivity contribution in [3.05, 3.63) is 23.4 Å². The average Bonchev–Trinajstić information content (AvgIpc) is 3.04. The standard InChI is InChI=1S/C15H15NO5/c1-4-16-10-6-12-11(20-7-21-12)5-9(10)13(8(2)17)14(16)15(18)19-3/h5-6H,4,7H2,1-3H3. The fraction of sp³-hybridized carbons (Fsp3) is 0.333. The molecule has 0 bridgehead atoms. The molecule has 0 N–H and O–H groups in total. The van der Waals surface area contributed by atoms with Gasteiger partial charge in [0.05, 0.1) is 18.2 Å². The van der Waals surface area contributed by atoms with Crippen LogP contribution in [0.15, 0.2) is 12.1 Å². The predicted octanol–water partition coefficient (Wildman–Crippen LogP) is 2.38. The molecule has 0 saturated carbocycles. The van der Waals surface area contributed by atoms with Gasteiger partial charge in [0, 0.05) is 18.0 Å². The number of carbonyl (C=O) groups is 2. The minimum atomic E-state index is -0.528. The van der Waals surface area contributed by atoms with Crippen LogP contribution in [0.4, 0.5) is 0 Å². The molecule has 2 aromatic rings. The highest BCUT2D eigenvalue weighted by Crippen LogP contribution is 2.39. The van der Waals surface area contributed by atoms with Crippen LogP contribution in [0.1, 0.15) is 34.7 Å². The van der Waals surface area contributed by atoms with Gasteiger partial charge >= 0.3 is 5.97 Å². The van der Waals surface area contributed by atoms with Gasteiger partial charge in [-0.25, -0.2) is 4.79 Å². The Morgan fingerprint density at radius 1 is 1.29 bits per heavy atom. The van der Waals surface area contributed by atoms with Crippen LogP contribution >= 0.6 is 0 Å². The fourth-order valence-corrected chi connectivity index (χ4v) is 2.73. The SMILES string of the molecule is CCn1c(C(=O)OC)c(C(C)=O)c2cc3c(cc21)OCO3. The molecule has 1 aromatic carbocycles. The van der Waals surface area contributed by atoms with Crippen LogP contribution in [0.25, 0.3) is 10.9 Å². The van der Waals surface area contributed by atoms with E-state index < -0.39 is 5.97 Å². The lowest BCUT2D eigenvalue weighted by molar-refractivity contribution is 0.0585. The first-order valence-electron chi connectivity index (χ1n) is 6.63. The maximum Gasteiger partial charge on any atom is 0.355 e. The van der Waals surface area contributed by atoms with Crippen molar-refractivity contribution >= 4 is 22.7 Å². The molecule has 6 heteroatoms. The number of Topliss-reactive ketones (excluding diaryl/α,β-unsaturated/α-hetero) is 1. The number of benzene rings is 1. The van der Waals surface area contributed by atoms with Crippen LogP contribution in [0, 0.1) is 0 Å². The fourth-order valence-electron chi connectivity index (χ4n) is 2.73. The number of hydrogen-bond acceptors (Lipinski definition) is 5. The summed E-state index contributed by atoms with van der Waals surface area (Å²) >= 11 is 0. The van der Waals surface area contributed by atoms with Crippen molar-refractivity contribution in [3.63, 3.8) is 0 Å². The highest BCUT2D eigenvalue weighted by Gasteiger charge is 2.28. The normalized spacial score (nSPS) is 12.7. The number of aromatic nitrogens is 1. The summed E-state index contributed by atoms with van der Waals surface area (Å²) in [5.41, 5.74) is 1.38. The van der Waals surface area contributed by atoms with Crippen molar-refractivity contribution in [1.82, 2.24) is 4.57 Å². The Morgan fingerprint density at radius 3 is 2.52 bits per heavy atom. The van der Waals surface area contributed by atoms with Crippen molar-refractivity contribution in [1.29, 1.82) is 0 Å². The minimum absolute atomic E-state index is 0.160. The van der Waals surface area contributed by atoms with Gasteiger partial charge in [-0.2, -0.15) is 0 Å². The summed E-state index contributed by atoms with van der Waals surface area (Å²) < 4.78 is 17.3. The number of ether oxygens (including phenoxy) is 3. The summed E-state index contributed by atoms with van der Waals surface area (Å²) in [6.07, 6.45) is 0. The molecule has 6 nitrogen and oxygen atoms in total. The van der Waals surface area contributed by atoms with E-state index in [-0.39, 0.29) is 18.3 Å². The zero-order chi connectivity index (χ0) is 15.1. The molecule has 1 aliphatic heterocycles. The largest absolute Gasteiger partial charge is 0.464 e. The second kappa shape index (κ2) is 4.80. The summed E-state index contributed by atoms with van der Waals surface area (Å²) in [6.45, 7) is 4.04. The molecule has 2 heterocycles. The highest BCUT2D eigenvalue weighted by molar-refractivity contribution is 6.15. The molecule has 0 amide bonds. The van der Waals surface area contributed by atoms with E-state index in [4.69, 9.17) is 14.2 Å². The van der Waals surface area contributed by atoms with E-state index >= 15 is 0 Å². The number of nitrogens with zero attached hydrogens (tertiary/aromatic N) is 1. The minimum Gasteiger partial charge on any atom is -0.464 e. The van der Waals surface area contributed by atoms with Gasteiger partial charge in [-0.15, -0.1) is 0 Å². The molecule has 1 aromatic heterocycles. The van der Waals surface area contributed by atoms with Crippen LogP contribution in [0.2, 0.25) is 0 Å². The van der Waals surface area contributed by atoms with Crippen molar-refractivity contribution in [2.24, 2.45) is 0 Å². The number of fused-ring (bicyclic) bond motifs is 2. The average molecular weight is 289 g/mol. The molecular formula is C15H15NO5. The zero-order valence-corrected chi connectivity index (χ0v) is 12.1. The molecular weight excluding hydrogens is 274 g/mol. The molecule has 0 radical (unpaired) electrons. The Morgan fingerprint density at radius 2 is 1.95 bits per heavy atom. The van der Waals surface area contributed by atoms with E-state index in [2.05, 4.69) is 0 Å². The van der Waals surface area contributed by atoms with Gasteiger partial charge in [0.2, 0.25) is 6.79 Å². The number of esters is 1. The number of rotatable bonds is 3. The van der Waals surface area contributed by atoms with E-state index in [0.717, 1.165) is 5.52 Å². The van der Waals surface area contributed by atoms with Gasteiger partial charge < -0.3 is 18.8 Å². The topological polar surface area (TPSA) is 66.8 Å². The Hall–Kier alpha value is -2.50. The van der Waals surface area contributed by atoms with Gasteiger partial charge in [0.25, 0.3) is 0 Å². The lowest BCUT2D eigenvalue weighted by atomic mass is 10.1. The molecule has 0 unspecified atom stereocenters. The second-order valence-electron chi connectivity index (χ2n) is 4.74. The molecule has 0 fully saturated rings. The Labute approximate surface area is 121 Å². The van der Waals surface area contributed by atoms with Crippen LogP contribution in [0.3, 0.4) is 0 Å². The second-order valence-corrected chi connectivity index (χ2v) is 4.74. The highest BCUT2D eigenvalue weighted by atomic mass is 16.7. The van der Waals surface area contributed by atoms with Crippen molar-refractivity contribution < 1.29 is 23.8 Å². The summed E-state index contributed by atoms with van der Waals surface area (Å²) in [4.78, 5) is 24.1. The van der Waals surface area contributed by atoms with Crippen molar-refractivity contribution in [2.45, 2.75) is 20.4 Å². The zero-order valence-electron chi connectivity index (χ0n) is 12.1. The van der Waals surface area contributed by atoms with Crippen LogP contribution < -0.4 is 9.47 Å². The molecule has 0 spiro atoms. The van der Waals surface area contributed by atoms with Crippen LogP contribution in [-0.2, 0) is 11.3 Å². The number of carbonyl (C=O) groups excluding carboxylic acids is 2. The summed E-state index contributed by atoms with van der Waals surface area (Å²) in [5.74, 6) is 0.475. The third-order valence-corrected chi connectivity index (χ3v) is 3.60. The number of hydrogen-bond donors (Lipinski definition) is 0. The quantitative estimate of drug-likeness (QED) is 0.641. The van der Waals surface area contributed by atoms with Crippen molar-refractivity contribution in [3.8, 4) is 11.5 Å². The molecule has 0 aliphatic carbocycles. The van der Waals surface area contributed by atoms with Gasteiger partial charge in [-0.3, -0.25) is 4.79 Å². The molecule has 21 heavy (non-hydrogen) atoms. The molecule has 1 aliphatic rings. The van der Waals surface area contributed by atoms with E-state index in [0.29, 0.717) is 29.0 Å². The summed E-state index contributed by atoms with van der Waals surface area (Å²) in [7, 11) is 1.30. The number of ketones is 1. The van der Waals surface area contributed by atoms with Gasteiger partial charge in [0.1, 0.15) is 5.69 Å². The first kappa shape index (κ1) is 13.5. The van der Waals surface area contributed by atoms with Crippen molar-refractivity contribution in [2.75, 3.05) is 13.9 Å². The maximum atomic E-state index is 12.1. The first-order valence-corrected chi connectivity index (χ1v) is 6.63. The monoisotopic (exact) mass is 289 g/mol. The molecule has 3 rings (SSSR count). The molecule has 0 saturated heterocycles. The first-order chi connectivity index (χ1) is 10.1. The Bertz CT molecular complexity index is 759. The van der Waals surface area contributed by atoms with E-state index in [1.807, 2.05) is 6.92 Å². The third kappa shape index (κ3) is 1.86. The number of aryl methyl sites for hydroxylation is 1. The van der Waals surface area contributed by atoms with E-state index in [1.54, 1.807) is 16.7 Å². The lowest BCUT2D eigenvalue weighted by Gasteiger charge is -2.07. The van der Waals surface area contributed by atoms with Gasteiger partial charge in [0.15, 0.2) is 17.3 Å². The van der Waals surface area contributed by atoms with Gasteiger partial charge in [-0.1, -0.05) is 0 Å². The van der Waals surface area contributed by atoms with E-state index in [1.165, 1.54) is 14.0 Å². The Kier molecular flexibility index (Phi) is 3.08. The smallest absolute Gasteiger partial charge is 0.355 e. The number of methoxy groups -OCH3 is 1. The lowest BCUT2D eigenvalue weighted by Crippen LogP contribution is -2.13. The Balaban J connectivity index is 2.42.